The summed E-state index contributed by atoms with van der Waals surface area (Å²) in [6.45, 7) is -0.455. The van der Waals surface area contributed by atoms with Crippen molar-refractivity contribution in [2.45, 2.75) is 26.3 Å². The first kappa shape index (κ1) is 12.0. The normalized spacial score (nSPS) is 12.1. The van der Waals surface area contributed by atoms with E-state index in [0.717, 1.165) is 0 Å². The number of alkyl halides is 3. The maximum absolute atomic E-state index is 11.7. The molecule has 0 saturated carbocycles. The van der Waals surface area contributed by atoms with Gasteiger partial charge in [0.1, 0.15) is 19.8 Å². The van der Waals surface area contributed by atoms with Crippen LogP contribution in [0.25, 0.3) is 0 Å². The van der Waals surface area contributed by atoms with Gasteiger partial charge in [0, 0.05) is 0 Å². The van der Waals surface area contributed by atoms with Crippen LogP contribution in [0.4, 0.5) is 13.2 Å². The molecule has 0 spiro atoms. The molecule has 0 radical (unpaired) electrons. The first-order valence-electron chi connectivity index (χ1n) is 4.13. The highest BCUT2D eigenvalue weighted by Gasteiger charge is 2.27. The van der Waals surface area contributed by atoms with Crippen LogP contribution < -0.4 is 0 Å². The lowest BCUT2D eigenvalue weighted by Crippen LogP contribution is -2.16. The third kappa shape index (κ3) is 3.88. The molecule has 0 unspecified atom stereocenters. The molecule has 1 aromatic rings. The average molecular weight is 225 g/mol. The molecule has 1 rings (SSSR count). The number of rotatable bonds is 4. The Balaban J connectivity index is 2.44. The van der Waals surface area contributed by atoms with E-state index in [4.69, 9.17) is 9.52 Å². The van der Waals surface area contributed by atoms with Gasteiger partial charge in [-0.25, -0.2) is 4.98 Å². The lowest BCUT2D eigenvalue weighted by atomic mass is 10.4. The Hall–Kier alpha value is -1.08. The van der Waals surface area contributed by atoms with Crippen molar-refractivity contribution in [2.75, 3.05) is 6.61 Å². The summed E-state index contributed by atoms with van der Waals surface area (Å²) >= 11 is 0. The molecule has 0 aromatic carbocycles. The van der Waals surface area contributed by atoms with Gasteiger partial charge in [-0.1, -0.05) is 0 Å². The van der Waals surface area contributed by atoms with E-state index in [1.54, 1.807) is 6.92 Å². The van der Waals surface area contributed by atoms with Gasteiger partial charge in [0.15, 0.2) is 5.76 Å². The topological polar surface area (TPSA) is 55.5 Å². The van der Waals surface area contributed by atoms with Crippen molar-refractivity contribution in [3.63, 3.8) is 0 Å². The first-order valence-corrected chi connectivity index (χ1v) is 4.13. The van der Waals surface area contributed by atoms with Crippen LogP contribution in [0, 0.1) is 6.92 Å². The van der Waals surface area contributed by atoms with Crippen LogP contribution >= 0.6 is 0 Å². The predicted molar refractivity (Wildman–Crippen MR) is 42.9 cm³/mol. The van der Waals surface area contributed by atoms with E-state index in [1.165, 1.54) is 0 Å². The van der Waals surface area contributed by atoms with E-state index >= 15 is 0 Å². The van der Waals surface area contributed by atoms with Crippen molar-refractivity contribution in [1.29, 1.82) is 0 Å². The van der Waals surface area contributed by atoms with Gasteiger partial charge < -0.3 is 14.3 Å². The average Bonchev–Trinajstić information content (AvgIpc) is 2.44. The summed E-state index contributed by atoms with van der Waals surface area (Å²) in [5.41, 5.74) is 0.447. The second kappa shape index (κ2) is 4.63. The van der Waals surface area contributed by atoms with E-state index in [-0.39, 0.29) is 24.9 Å². The molecular formula is C8H10F3NO3. The second-order valence-corrected chi connectivity index (χ2v) is 2.88. The summed E-state index contributed by atoms with van der Waals surface area (Å²) in [6, 6.07) is 0. The number of hydrogen-bond acceptors (Lipinski definition) is 4. The SMILES string of the molecule is Cc1nc(COCC(F)(F)F)oc1CO. The minimum Gasteiger partial charge on any atom is -0.440 e. The minimum absolute atomic E-state index is 0.0285. The maximum atomic E-state index is 11.7. The van der Waals surface area contributed by atoms with Gasteiger partial charge in [-0.2, -0.15) is 13.2 Å². The molecule has 0 fully saturated rings. The standard InChI is InChI=1S/C8H10F3NO3/c1-5-6(2-13)15-7(12-5)3-14-4-8(9,10)11/h13H,2-4H2,1H3. The van der Waals surface area contributed by atoms with E-state index in [0.29, 0.717) is 5.69 Å². The van der Waals surface area contributed by atoms with Gasteiger partial charge in [-0.15, -0.1) is 0 Å². The van der Waals surface area contributed by atoms with Crippen molar-refractivity contribution in [3.8, 4) is 0 Å². The Labute approximate surface area is 83.7 Å². The number of aliphatic hydroxyl groups excluding tert-OH is 1. The summed E-state index contributed by atoms with van der Waals surface area (Å²) in [7, 11) is 0. The highest BCUT2D eigenvalue weighted by molar-refractivity contribution is 5.05. The molecule has 0 aliphatic rings. The third-order valence-corrected chi connectivity index (χ3v) is 1.57. The van der Waals surface area contributed by atoms with E-state index in [9.17, 15) is 13.2 Å². The number of aryl methyl sites for hydroxylation is 1. The molecule has 0 bridgehead atoms. The number of nitrogens with zero attached hydrogens (tertiary/aromatic N) is 1. The number of halogens is 3. The Morgan fingerprint density at radius 3 is 2.60 bits per heavy atom. The van der Waals surface area contributed by atoms with Gasteiger partial charge in [-0.05, 0) is 6.92 Å². The van der Waals surface area contributed by atoms with Gasteiger partial charge in [0.25, 0.3) is 0 Å². The molecule has 86 valence electrons. The van der Waals surface area contributed by atoms with Gasteiger partial charge in [0.05, 0.1) is 5.69 Å². The molecule has 0 aliphatic carbocycles. The minimum atomic E-state index is -4.36. The monoisotopic (exact) mass is 225 g/mol. The number of oxazole rings is 1. The zero-order valence-corrected chi connectivity index (χ0v) is 7.97. The molecule has 4 nitrogen and oxygen atoms in total. The summed E-state index contributed by atoms with van der Waals surface area (Å²) in [4.78, 5) is 3.78. The zero-order chi connectivity index (χ0) is 11.5. The molecule has 1 aromatic heterocycles. The maximum Gasteiger partial charge on any atom is 0.411 e. The van der Waals surface area contributed by atoms with Crippen LogP contribution in [0.3, 0.4) is 0 Å². The first-order chi connectivity index (χ1) is 6.92. The lowest BCUT2D eigenvalue weighted by molar-refractivity contribution is -0.177. The molecule has 0 atom stereocenters. The van der Waals surface area contributed by atoms with Gasteiger partial charge in [-0.3, -0.25) is 0 Å². The third-order valence-electron chi connectivity index (χ3n) is 1.57. The largest absolute Gasteiger partial charge is 0.440 e. The number of ether oxygens (including phenoxy) is 1. The smallest absolute Gasteiger partial charge is 0.411 e. The quantitative estimate of drug-likeness (QED) is 0.844. The molecule has 1 N–H and O–H groups in total. The Kier molecular flexibility index (Phi) is 3.70. The van der Waals surface area contributed by atoms with Gasteiger partial charge in [0.2, 0.25) is 5.89 Å². The van der Waals surface area contributed by atoms with Crippen LogP contribution in [0.2, 0.25) is 0 Å². The summed E-state index contributed by atoms with van der Waals surface area (Å²) < 4.78 is 44.3. The van der Waals surface area contributed by atoms with Crippen LogP contribution in [-0.4, -0.2) is 22.9 Å². The fourth-order valence-electron chi connectivity index (χ4n) is 0.951. The van der Waals surface area contributed by atoms with Crippen molar-refractivity contribution < 1.29 is 27.4 Å². The summed E-state index contributed by atoms with van der Waals surface area (Å²) in [5.74, 6) is 0.265. The lowest BCUT2D eigenvalue weighted by Gasteiger charge is -2.04. The molecule has 7 heteroatoms. The molecule has 0 saturated heterocycles. The second-order valence-electron chi connectivity index (χ2n) is 2.88. The highest BCUT2D eigenvalue weighted by atomic mass is 19.4. The van der Waals surface area contributed by atoms with Gasteiger partial charge >= 0.3 is 6.18 Å². The summed E-state index contributed by atoms with van der Waals surface area (Å²) in [6.07, 6.45) is -4.36. The molecule has 0 aliphatic heterocycles. The fraction of sp³-hybridized carbons (Fsp3) is 0.625. The zero-order valence-electron chi connectivity index (χ0n) is 7.97. The number of aromatic nitrogens is 1. The van der Waals surface area contributed by atoms with Crippen molar-refractivity contribution in [1.82, 2.24) is 4.98 Å². The molecular weight excluding hydrogens is 215 g/mol. The predicted octanol–water partition coefficient (Wildman–Crippen LogP) is 1.55. The Bertz CT molecular complexity index is 321. The van der Waals surface area contributed by atoms with E-state index in [2.05, 4.69) is 9.72 Å². The van der Waals surface area contributed by atoms with Crippen molar-refractivity contribution in [3.05, 3.63) is 17.3 Å². The Morgan fingerprint density at radius 2 is 2.13 bits per heavy atom. The number of aliphatic hydroxyl groups is 1. The Morgan fingerprint density at radius 1 is 1.47 bits per heavy atom. The molecule has 0 amide bonds. The van der Waals surface area contributed by atoms with Crippen LogP contribution in [-0.2, 0) is 18.0 Å². The van der Waals surface area contributed by atoms with E-state index in [1.807, 2.05) is 0 Å². The van der Waals surface area contributed by atoms with E-state index < -0.39 is 12.8 Å². The fourth-order valence-corrected chi connectivity index (χ4v) is 0.951. The van der Waals surface area contributed by atoms with Crippen LogP contribution in [0.5, 0.6) is 0 Å². The van der Waals surface area contributed by atoms with Crippen LogP contribution in [0.1, 0.15) is 17.3 Å². The molecule has 1 heterocycles. The van der Waals surface area contributed by atoms with Crippen molar-refractivity contribution >= 4 is 0 Å². The van der Waals surface area contributed by atoms with Crippen molar-refractivity contribution in [2.24, 2.45) is 0 Å². The summed E-state index contributed by atoms with van der Waals surface area (Å²) in [5, 5.41) is 8.73. The molecule has 15 heavy (non-hydrogen) atoms. The highest BCUT2D eigenvalue weighted by Crippen LogP contribution is 2.16. The number of hydrogen-bond donors (Lipinski definition) is 1. The van der Waals surface area contributed by atoms with Crippen LogP contribution in [0.15, 0.2) is 4.42 Å².